The van der Waals surface area contributed by atoms with Gasteiger partial charge in [-0.3, -0.25) is 9.10 Å². The third-order valence-electron chi connectivity index (χ3n) is 2.86. The second-order valence-electron chi connectivity index (χ2n) is 4.39. The smallest absolute Gasteiger partial charge is 0.264 e. The van der Waals surface area contributed by atoms with Gasteiger partial charge in [0.1, 0.15) is 12.4 Å². The highest BCUT2D eigenvalue weighted by Crippen LogP contribution is 2.36. The van der Waals surface area contributed by atoms with Gasteiger partial charge in [0.15, 0.2) is 0 Å². The first-order valence-corrected chi connectivity index (χ1v) is 8.71. The highest BCUT2D eigenvalue weighted by atomic mass is 35.5. The summed E-state index contributed by atoms with van der Waals surface area (Å²) in [5.41, 5.74) is -0.0749. The summed E-state index contributed by atoms with van der Waals surface area (Å²) in [6.45, 7) is -0.676. The molecule has 0 N–H and O–H groups in total. The molecule has 9 heteroatoms. The zero-order chi connectivity index (χ0) is 17.2. The van der Waals surface area contributed by atoms with Crippen LogP contribution in [0.3, 0.4) is 0 Å². The molecule has 0 saturated carbocycles. The fraction of sp³-hybridized carbons (Fsp3) is 0.0714. The number of benzene rings is 2. The molecule has 0 amide bonds. The quantitative estimate of drug-likeness (QED) is 0.715. The van der Waals surface area contributed by atoms with Crippen molar-refractivity contribution in [3.05, 3.63) is 58.3 Å². The second-order valence-corrected chi connectivity index (χ2v) is 7.49. The molecule has 122 valence electrons. The number of anilines is 1. The van der Waals surface area contributed by atoms with Crippen LogP contribution < -0.4 is 4.31 Å². The van der Waals surface area contributed by atoms with Gasteiger partial charge in [-0.25, -0.2) is 12.8 Å². The normalized spacial score (nSPS) is 11.3. The van der Waals surface area contributed by atoms with Crippen LogP contribution in [0, 0.1) is 5.82 Å². The van der Waals surface area contributed by atoms with Gasteiger partial charge in [-0.1, -0.05) is 29.3 Å². The van der Waals surface area contributed by atoms with E-state index >= 15 is 0 Å². The number of rotatable bonds is 5. The van der Waals surface area contributed by atoms with Gasteiger partial charge < -0.3 is 0 Å². The summed E-state index contributed by atoms with van der Waals surface area (Å²) in [7, 11) is -4.22. The Kier molecular flexibility index (Phi) is 5.52. The van der Waals surface area contributed by atoms with Gasteiger partial charge in [-0.05, 0) is 48.0 Å². The van der Waals surface area contributed by atoms with Crippen LogP contribution in [-0.2, 0) is 14.8 Å². The monoisotopic (exact) mass is 395 g/mol. The van der Waals surface area contributed by atoms with Crippen LogP contribution in [-0.4, -0.2) is 20.2 Å². The van der Waals surface area contributed by atoms with Crippen molar-refractivity contribution in [1.82, 2.24) is 0 Å². The lowest BCUT2D eigenvalue weighted by Gasteiger charge is -2.24. The maximum Gasteiger partial charge on any atom is 0.264 e. The number of sulfonamides is 1. The number of carbonyl (C=O) groups excluding carboxylic acids is 1. The van der Waals surface area contributed by atoms with E-state index in [2.05, 4.69) is 0 Å². The van der Waals surface area contributed by atoms with Crippen molar-refractivity contribution >= 4 is 55.8 Å². The molecule has 0 aliphatic carbocycles. The van der Waals surface area contributed by atoms with Crippen LogP contribution in [0.1, 0.15) is 0 Å². The Morgan fingerprint density at radius 1 is 1.04 bits per heavy atom. The topological polar surface area (TPSA) is 54.5 Å². The van der Waals surface area contributed by atoms with Crippen molar-refractivity contribution in [2.45, 2.75) is 4.90 Å². The van der Waals surface area contributed by atoms with Crippen molar-refractivity contribution < 1.29 is 17.6 Å². The lowest BCUT2D eigenvalue weighted by atomic mass is 10.3. The van der Waals surface area contributed by atoms with Crippen molar-refractivity contribution in [2.24, 2.45) is 0 Å². The molecule has 0 atom stereocenters. The highest BCUT2D eigenvalue weighted by molar-refractivity contribution is 7.93. The third-order valence-corrected chi connectivity index (χ3v) is 5.35. The third kappa shape index (κ3) is 3.95. The molecule has 0 saturated heterocycles. The minimum absolute atomic E-state index is 0.0288. The molecule has 0 unspecified atom stereocenters. The maximum absolute atomic E-state index is 13.0. The van der Waals surface area contributed by atoms with Gasteiger partial charge in [-0.2, -0.15) is 0 Å². The van der Waals surface area contributed by atoms with E-state index in [1.54, 1.807) is 0 Å². The van der Waals surface area contributed by atoms with Crippen molar-refractivity contribution in [2.75, 3.05) is 10.8 Å². The molecule has 4 nitrogen and oxygen atoms in total. The van der Waals surface area contributed by atoms with Crippen LogP contribution in [0.25, 0.3) is 0 Å². The maximum atomic E-state index is 13.0. The molecule has 0 bridgehead atoms. The van der Waals surface area contributed by atoms with E-state index in [9.17, 15) is 17.6 Å². The molecule has 0 fully saturated rings. The molecule has 0 aliphatic heterocycles. The minimum atomic E-state index is -4.22. The fourth-order valence-electron chi connectivity index (χ4n) is 1.86. The number of para-hydroxylation sites is 1. The van der Waals surface area contributed by atoms with E-state index in [1.807, 2.05) is 0 Å². The first-order chi connectivity index (χ1) is 10.7. The van der Waals surface area contributed by atoms with Crippen molar-refractivity contribution in [1.29, 1.82) is 0 Å². The molecular weight excluding hydrogens is 388 g/mol. The number of hydrogen-bond donors (Lipinski definition) is 0. The van der Waals surface area contributed by atoms with E-state index in [1.165, 1.54) is 18.2 Å². The van der Waals surface area contributed by atoms with Crippen LogP contribution in [0.4, 0.5) is 10.1 Å². The first-order valence-electron chi connectivity index (χ1n) is 6.14. The van der Waals surface area contributed by atoms with Crippen LogP contribution in [0.2, 0.25) is 10.0 Å². The predicted molar refractivity (Wildman–Crippen MR) is 88.3 cm³/mol. The van der Waals surface area contributed by atoms with Crippen LogP contribution >= 0.6 is 34.8 Å². The summed E-state index contributed by atoms with van der Waals surface area (Å²) in [5.74, 6) is -0.598. The molecule has 2 aromatic rings. The van der Waals surface area contributed by atoms with Gasteiger partial charge in [0.05, 0.1) is 20.6 Å². The molecule has 2 rings (SSSR count). The van der Waals surface area contributed by atoms with Gasteiger partial charge in [0.25, 0.3) is 10.0 Å². The van der Waals surface area contributed by atoms with Crippen LogP contribution in [0.15, 0.2) is 47.4 Å². The summed E-state index contributed by atoms with van der Waals surface area (Å²) in [5, 5.41) is -0.867. The highest BCUT2D eigenvalue weighted by Gasteiger charge is 2.29. The van der Waals surface area contributed by atoms with E-state index in [4.69, 9.17) is 34.8 Å². The molecular formula is C14H9Cl3FNO3S. The second kappa shape index (κ2) is 7.05. The first kappa shape index (κ1) is 18.0. The van der Waals surface area contributed by atoms with E-state index in [-0.39, 0.29) is 20.6 Å². The molecule has 0 aromatic heterocycles. The molecule has 2 aromatic carbocycles. The summed E-state index contributed by atoms with van der Waals surface area (Å²) in [4.78, 5) is 11.1. The average Bonchev–Trinajstić information content (AvgIpc) is 2.46. The standard InChI is InChI=1S/C14H9Cl3FNO3S/c15-11-2-1-3-12(16)14(11)19(8-13(17)20)23(21,22)10-6-4-9(18)5-7-10/h1-7H,8H2. The molecule has 0 aliphatic rings. The van der Waals surface area contributed by atoms with Gasteiger partial charge >= 0.3 is 0 Å². The van der Waals surface area contributed by atoms with Crippen molar-refractivity contribution in [3.8, 4) is 0 Å². The molecule has 23 heavy (non-hydrogen) atoms. The summed E-state index contributed by atoms with van der Waals surface area (Å²) >= 11 is 17.4. The Hall–Kier alpha value is -1.34. The SMILES string of the molecule is O=C(Cl)CN(c1c(Cl)cccc1Cl)S(=O)(=O)c1ccc(F)cc1. The summed E-state index contributed by atoms with van der Waals surface area (Å²) in [6, 6.07) is 8.49. The Morgan fingerprint density at radius 3 is 2.04 bits per heavy atom. The molecule has 0 spiro atoms. The van der Waals surface area contributed by atoms with Crippen molar-refractivity contribution in [3.63, 3.8) is 0 Å². The average molecular weight is 397 g/mol. The molecule has 0 heterocycles. The predicted octanol–water partition coefficient (Wildman–Crippen LogP) is 4.09. The number of hydrogen-bond acceptors (Lipinski definition) is 3. The van der Waals surface area contributed by atoms with E-state index in [0.29, 0.717) is 4.31 Å². The lowest BCUT2D eigenvalue weighted by Crippen LogP contribution is -2.35. The zero-order valence-electron chi connectivity index (χ0n) is 11.3. The Labute approximate surface area is 147 Å². The number of nitrogens with zero attached hydrogens (tertiary/aromatic N) is 1. The summed E-state index contributed by atoms with van der Waals surface area (Å²) < 4.78 is 39.2. The fourth-order valence-corrected chi connectivity index (χ4v) is 4.21. The van der Waals surface area contributed by atoms with Gasteiger partial charge in [0, 0.05) is 0 Å². The van der Waals surface area contributed by atoms with E-state index < -0.39 is 27.6 Å². The van der Waals surface area contributed by atoms with Crippen LogP contribution in [0.5, 0.6) is 0 Å². The van der Waals surface area contributed by atoms with Gasteiger partial charge in [0.2, 0.25) is 5.24 Å². The Morgan fingerprint density at radius 2 is 1.57 bits per heavy atom. The number of carbonyl (C=O) groups is 1. The largest absolute Gasteiger partial charge is 0.279 e. The lowest BCUT2D eigenvalue weighted by molar-refractivity contribution is -0.110. The number of halogens is 4. The Balaban J connectivity index is 2.63. The minimum Gasteiger partial charge on any atom is -0.279 e. The zero-order valence-corrected chi connectivity index (χ0v) is 14.4. The molecule has 0 radical (unpaired) electrons. The van der Waals surface area contributed by atoms with E-state index in [0.717, 1.165) is 24.3 Å². The Bertz CT molecular complexity index is 821. The summed E-state index contributed by atoms with van der Waals surface area (Å²) in [6.07, 6.45) is 0. The van der Waals surface area contributed by atoms with Gasteiger partial charge in [-0.15, -0.1) is 0 Å².